The van der Waals surface area contributed by atoms with Crippen LogP contribution in [0.3, 0.4) is 0 Å². The summed E-state index contributed by atoms with van der Waals surface area (Å²) in [6, 6.07) is 13.1. The van der Waals surface area contributed by atoms with Gasteiger partial charge in [0.05, 0.1) is 13.2 Å². The monoisotopic (exact) mass is 371 g/mol. The standard InChI is InChI=1S/C20H22FN3O3/c21-18-4-2-1-3-17(18)14-23-20(26)22-13-15-5-7-16(8-6-15)19(25)24-9-11-27-12-10-24/h1-8H,9-14H2,(H2,22,23,26). The second-order valence-electron chi connectivity index (χ2n) is 6.23. The predicted molar refractivity (Wildman–Crippen MR) is 98.6 cm³/mol. The highest BCUT2D eigenvalue weighted by atomic mass is 19.1. The maximum atomic E-state index is 13.5. The first-order valence-electron chi connectivity index (χ1n) is 8.84. The molecule has 1 aliphatic heterocycles. The third-order valence-electron chi connectivity index (χ3n) is 4.35. The van der Waals surface area contributed by atoms with Gasteiger partial charge in [-0.25, -0.2) is 9.18 Å². The van der Waals surface area contributed by atoms with Crippen LogP contribution in [0.2, 0.25) is 0 Å². The number of nitrogens with one attached hydrogen (secondary N) is 2. The van der Waals surface area contributed by atoms with Gasteiger partial charge in [-0.3, -0.25) is 4.79 Å². The summed E-state index contributed by atoms with van der Waals surface area (Å²) in [5.41, 5.74) is 1.91. The maximum absolute atomic E-state index is 13.5. The van der Waals surface area contributed by atoms with Crippen molar-refractivity contribution in [2.24, 2.45) is 0 Å². The van der Waals surface area contributed by atoms with Crippen LogP contribution in [0.4, 0.5) is 9.18 Å². The molecule has 2 N–H and O–H groups in total. The van der Waals surface area contributed by atoms with Gasteiger partial charge >= 0.3 is 6.03 Å². The van der Waals surface area contributed by atoms with E-state index in [-0.39, 0.29) is 24.3 Å². The van der Waals surface area contributed by atoms with Crippen LogP contribution in [0, 0.1) is 5.82 Å². The molecule has 1 aliphatic rings. The lowest BCUT2D eigenvalue weighted by molar-refractivity contribution is 0.0303. The molecular formula is C20H22FN3O3. The van der Waals surface area contributed by atoms with E-state index in [4.69, 9.17) is 4.74 Å². The number of carbonyl (C=O) groups excluding carboxylic acids is 2. The van der Waals surface area contributed by atoms with Gasteiger partial charge in [-0.2, -0.15) is 0 Å². The first-order valence-corrected chi connectivity index (χ1v) is 8.84. The van der Waals surface area contributed by atoms with Crippen molar-refractivity contribution in [1.29, 1.82) is 0 Å². The minimum Gasteiger partial charge on any atom is -0.378 e. The first-order chi connectivity index (χ1) is 13.1. The van der Waals surface area contributed by atoms with Crippen molar-refractivity contribution < 1.29 is 18.7 Å². The highest BCUT2D eigenvalue weighted by Crippen LogP contribution is 2.10. The average molecular weight is 371 g/mol. The zero-order valence-electron chi connectivity index (χ0n) is 14.9. The van der Waals surface area contributed by atoms with E-state index in [2.05, 4.69) is 10.6 Å². The van der Waals surface area contributed by atoms with E-state index >= 15 is 0 Å². The SMILES string of the molecule is O=C(NCc1ccc(C(=O)N2CCOCC2)cc1)NCc1ccccc1F. The fourth-order valence-corrected chi connectivity index (χ4v) is 2.78. The molecule has 0 aromatic heterocycles. The number of halogens is 1. The fourth-order valence-electron chi connectivity index (χ4n) is 2.78. The van der Waals surface area contributed by atoms with Crippen LogP contribution in [0.25, 0.3) is 0 Å². The van der Waals surface area contributed by atoms with Gasteiger partial charge < -0.3 is 20.3 Å². The van der Waals surface area contributed by atoms with Gasteiger partial charge in [0, 0.05) is 37.3 Å². The van der Waals surface area contributed by atoms with Crippen molar-refractivity contribution >= 4 is 11.9 Å². The largest absolute Gasteiger partial charge is 0.378 e. The average Bonchev–Trinajstić information content (AvgIpc) is 2.72. The van der Waals surface area contributed by atoms with Crippen LogP contribution < -0.4 is 10.6 Å². The highest BCUT2D eigenvalue weighted by Gasteiger charge is 2.18. The van der Waals surface area contributed by atoms with Crippen LogP contribution in [0.5, 0.6) is 0 Å². The van der Waals surface area contributed by atoms with Crippen molar-refractivity contribution in [2.45, 2.75) is 13.1 Å². The first kappa shape index (κ1) is 18.8. The molecule has 0 atom stereocenters. The summed E-state index contributed by atoms with van der Waals surface area (Å²) in [5, 5.41) is 5.34. The normalized spacial score (nSPS) is 13.9. The molecule has 2 aromatic rings. The molecule has 0 saturated carbocycles. The molecule has 7 heteroatoms. The number of benzene rings is 2. The molecule has 27 heavy (non-hydrogen) atoms. The van der Waals surface area contributed by atoms with Crippen molar-refractivity contribution in [3.05, 3.63) is 71.0 Å². The lowest BCUT2D eigenvalue weighted by Gasteiger charge is -2.26. The molecule has 2 aromatic carbocycles. The van der Waals surface area contributed by atoms with Gasteiger partial charge in [0.1, 0.15) is 5.82 Å². The summed E-state index contributed by atoms with van der Waals surface area (Å²) in [6.07, 6.45) is 0. The van der Waals surface area contributed by atoms with Crippen LogP contribution in [0.1, 0.15) is 21.5 Å². The molecule has 0 radical (unpaired) electrons. The van der Waals surface area contributed by atoms with E-state index in [0.717, 1.165) is 5.56 Å². The number of hydrogen-bond donors (Lipinski definition) is 2. The summed E-state index contributed by atoms with van der Waals surface area (Å²) >= 11 is 0. The number of rotatable bonds is 5. The maximum Gasteiger partial charge on any atom is 0.315 e. The van der Waals surface area contributed by atoms with E-state index < -0.39 is 0 Å². The minimum atomic E-state index is -0.383. The third-order valence-corrected chi connectivity index (χ3v) is 4.35. The summed E-state index contributed by atoms with van der Waals surface area (Å²) in [7, 11) is 0. The van der Waals surface area contributed by atoms with Crippen LogP contribution in [-0.4, -0.2) is 43.1 Å². The Bertz CT molecular complexity index is 789. The fraction of sp³-hybridized carbons (Fsp3) is 0.300. The molecule has 142 valence electrons. The van der Waals surface area contributed by atoms with Gasteiger partial charge in [0.25, 0.3) is 5.91 Å². The smallest absolute Gasteiger partial charge is 0.315 e. The van der Waals surface area contributed by atoms with Crippen LogP contribution >= 0.6 is 0 Å². The van der Waals surface area contributed by atoms with E-state index in [1.54, 1.807) is 35.2 Å². The number of urea groups is 1. The molecule has 0 spiro atoms. The van der Waals surface area contributed by atoms with E-state index in [1.165, 1.54) is 6.07 Å². The molecule has 0 unspecified atom stereocenters. The zero-order chi connectivity index (χ0) is 19.1. The summed E-state index contributed by atoms with van der Waals surface area (Å²) in [4.78, 5) is 26.0. The van der Waals surface area contributed by atoms with E-state index in [1.807, 2.05) is 12.1 Å². The van der Waals surface area contributed by atoms with Crippen molar-refractivity contribution in [2.75, 3.05) is 26.3 Å². The molecule has 3 amide bonds. The predicted octanol–water partition coefficient (Wildman–Crippen LogP) is 2.30. The van der Waals surface area contributed by atoms with Crippen molar-refractivity contribution in [1.82, 2.24) is 15.5 Å². The third kappa shape index (κ3) is 5.27. The van der Waals surface area contributed by atoms with Crippen molar-refractivity contribution in [3.8, 4) is 0 Å². The number of nitrogens with zero attached hydrogens (tertiary/aromatic N) is 1. The highest BCUT2D eigenvalue weighted by molar-refractivity contribution is 5.94. The Morgan fingerprint density at radius 2 is 1.63 bits per heavy atom. The van der Waals surface area contributed by atoms with Gasteiger partial charge in [-0.05, 0) is 23.8 Å². The summed E-state index contributed by atoms with van der Waals surface area (Å²) < 4.78 is 18.8. The van der Waals surface area contributed by atoms with Gasteiger partial charge in [-0.15, -0.1) is 0 Å². The van der Waals surface area contributed by atoms with Gasteiger partial charge in [-0.1, -0.05) is 30.3 Å². The van der Waals surface area contributed by atoms with E-state index in [0.29, 0.717) is 44.0 Å². The van der Waals surface area contributed by atoms with Gasteiger partial charge in [0.2, 0.25) is 0 Å². The Balaban J connectivity index is 1.46. The van der Waals surface area contributed by atoms with Crippen molar-refractivity contribution in [3.63, 3.8) is 0 Å². The molecule has 0 aliphatic carbocycles. The molecular weight excluding hydrogens is 349 g/mol. The lowest BCUT2D eigenvalue weighted by atomic mass is 10.1. The summed E-state index contributed by atoms with van der Waals surface area (Å²) in [6.45, 7) is 2.76. The van der Waals surface area contributed by atoms with E-state index in [9.17, 15) is 14.0 Å². The van der Waals surface area contributed by atoms with Gasteiger partial charge in [0.15, 0.2) is 0 Å². The number of morpholine rings is 1. The van der Waals surface area contributed by atoms with Crippen LogP contribution in [-0.2, 0) is 17.8 Å². The second-order valence-corrected chi connectivity index (χ2v) is 6.23. The molecule has 0 bridgehead atoms. The number of hydrogen-bond acceptors (Lipinski definition) is 3. The Hall–Kier alpha value is -2.93. The van der Waals surface area contributed by atoms with Crippen LogP contribution in [0.15, 0.2) is 48.5 Å². The summed E-state index contributed by atoms with van der Waals surface area (Å²) in [5.74, 6) is -0.362. The number of carbonyl (C=O) groups is 2. The Morgan fingerprint density at radius 1 is 0.963 bits per heavy atom. The topological polar surface area (TPSA) is 70.7 Å². The Morgan fingerprint density at radius 3 is 2.33 bits per heavy atom. The lowest BCUT2D eigenvalue weighted by Crippen LogP contribution is -2.40. The number of amides is 3. The molecule has 3 rings (SSSR count). The second kappa shape index (κ2) is 9.14. The zero-order valence-corrected chi connectivity index (χ0v) is 14.9. The molecule has 1 saturated heterocycles. The molecule has 6 nitrogen and oxygen atoms in total. The molecule has 1 fully saturated rings. The Kier molecular flexibility index (Phi) is 6.38. The number of ether oxygens (including phenoxy) is 1. The molecule has 1 heterocycles. The Labute approximate surface area is 157 Å². The quantitative estimate of drug-likeness (QED) is 0.847. The minimum absolute atomic E-state index is 0.0135.